The lowest BCUT2D eigenvalue weighted by Gasteiger charge is -2.08. The van der Waals surface area contributed by atoms with Gasteiger partial charge in [0.05, 0.1) is 7.11 Å². The fourth-order valence-electron chi connectivity index (χ4n) is 0.961. The molecule has 0 saturated carbocycles. The average Bonchev–Trinajstić information content (AvgIpc) is 2.15. The van der Waals surface area contributed by atoms with E-state index in [9.17, 15) is 4.79 Å². The van der Waals surface area contributed by atoms with Gasteiger partial charge in [0.1, 0.15) is 11.4 Å². The van der Waals surface area contributed by atoms with Crippen molar-refractivity contribution >= 4 is 27.7 Å². The monoisotopic (exact) mass is 260 g/mol. The van der Waals surface area contributed by atoms with Crippen molar-refractivity contribution in [3.05, 3.63) is 16.1 Å². The van der Waals surface area contributed by atoms with E-state index < -0.39 is 5.97 Å². The minimum absolute atomic E-state index is 0.0199. The number of ether oxygens (including phenoxy) is 1. The highest BCUT2D eigenvalue weighted by Gasteiger charge is 2.17. The summed E-state index contributed by atoms with van der Waals surface area (Å²) >= 11 is 3.14. The quantitative estimate of drug-likeness (QED) is 0.864. The number of carboxylic acid groups (broad SMARTS) is 1. The molecule has 1 aromatic heterocycles. The fourth-order valence-corrected chi connectivity index (χ4v) is 1.52. The molecule has 0 aliphatic carbocycles. The van der Waals surface area contributed by atoms with Crippen molar-refractivity contribution in [3.8, 4) is 5.88 Å². The Morgan fingerprint density at radius 3 is 2.79 bits per heavy atom. The van der Waals surface area contributed by atoms with E-state index in [1.807, 2.05) is 0 Å². The van der Waals surface area contributed by atoms with E-state index in [2.05, 4.69) is 26.2 Å². The third kappa shape index (κ3) is 1.95. The van der Waals surface area contributed by atoms with Gasteiger partial charge in [-0.2, -0.15) is 4.98 Å². The molecule has 0 unspecified atom stereocenters. The Bertz CT molecular complexity index is 368. The molecule has 1 aromatic rings. The molecule has 6 heteroatoms. The highest BCUT2D eigenvalue weighted by molar-refractivity contribution is 9.10. The average molecular weight is 261 g/mol. The predicted octanol–water partition coefficient (Wildman–Crippen LogP) is 1.59. The standard InChI is InChI=1S/C8H9BrN2O3/c1-10-5-3-4(9)6(8(12)13)7(11-5)14-2/h3H,1-2H3,(H,10,11)(H,12,13). The van der Waals surface area contributed by atoms with Gasteiger partial charge in [-0.05, 0) is 22.0 Å². The van der Waals surface area contributed by atoms with Crippen molar-refractivity contribution in [1.29, 1.82) is 0 Å². The summed E-state index contributed by atoms with van der Waals surface area (Å²) in [4.78, 5) is 14.8. The minimum atomic E-state index is -1.08. The first-order valence-electron chi connectivity index (χ1n) is 3.75. The molecule has 0 fully saturated rings. The zero-order chi connectivity index (χ0) is 10.7. The van der Waals surface area contributed by atoms with Gasteiger partial charge in [0.2, 0.25) is 5.88 Å². The first-order valence-corrected chi connectivity index (χ1v) is 4.55. The lowest BCUT2D eigenvalue weighted by atomic mass is 10.2. The summed E-state index contributed by atoms with van der Waals surface area (Å²) in [7, 11) is 3.06. The number of aromatic nitrogens is 1. The van der Waals surface area contributed by atoms with Gasteiger partial charge in [-0.3, -0.25) is 0 Å². The minimum Gasteiger partial charge on any atom is -0.480 e. The number of hydrogen-bond donors (Lipinski definition) is 2. The number of pyridine rings is 1. The lowest BCUT2D eigenvalue weighted by Crippen LogP contribution is -2.05. The molecular formula is C8H9BrN2O3. The van der Waals surface area contributed by atoms with Crippen molar-refractivity contribution in [1.82, 2.24) is 4.98 Å². The lowest BCUT2D eigenvalue weighted by molar-refractivity contribution is 0.0691. The predicted molar refractivity (Wildman–Crippen MR) is 55.0 cm³/mol. The normalized spacial score (nSPS) is 9.64. The number of rotatable bonds is 3. The van der Waals surface area contributed by atoms with Crippen LogP contribution in [-0.2, 0) is 0 Å². The number of anilines is 1. The summed E-state index contributed by atoms with van der Waals surface area (Å²) in [6.07, 6.45) is 0. The summed E-state index contributed by atoms with van der Waals surface area (Å²) in [5.41, 5.74) is 0.0199. The Morgan fingerprint density at radius 2 is 2.36 bits per heavy atom. The molecule has 0 saturated heterocycles. The van der Waals surface area contributed by atoms with E-state index >= 15 is 0 Å². The molecule has 2 N–H and O–H groups in total. The van der Waals surface area contributed by atoms with Gasteiger partial charge < -0.3 is 15.2 Å². The van der Waals surface area contributed by atoms with Crippen molar-refractivity contribution < 1.29 is 14.6 Å². The van der Waals surface area contributed by atoms with Crippen molar-refractivity contribution in [2.45, 2.75) is 0 Å². The first kappa shape index (κ1) is 10.8. The van der Waals surface area contributed by atoms with Gasteiger partial charge in [0.15, 0.2) is 0 Å². The van der Waals surface area contributed by atoms with Gasteiger partial charge in [-0.15, -0.1) is 0 Å². The van der Waals surface area contributed by atoms with Crippen LogP contribution in [-0.4, -0.2) is 30.2 Å². The van der Waals surface area contributed by atoms with E-state index in [0.717, 1.165) is 0 Å². The zero-order valence-electron chi connectivity index (χ0n) is 7.67. The van der Waals surface area contributed by atoms with Crippen molar-refractivity contribution in [2.75, 3.05) is 19.5 Å². The van der Waals surface area contributed by atoms with Crippen LogP contribution in [0.1, 0.15) is 10.4 Å². The van der Waals surface area contributed by atoms with Crippen LogP contribution in [0.3, 0.4) is 0 Å². The number of halogens is 1. The van der Waals surface area contributed by atoms with E-state index in [0.29, 0.717) is 10.3 Å². The number of nitrogens with one attached hydrogen (secondary N) is 1. The van der Waals surface area contributed by atoms with Crippen LogP contribution in [0.4, 0.5) is 5.82 Å². The number of carbonyl (C=O) groups is 1. The van der Waals surface area contributed by atoms with Crippen LogP contribution < -0.4 is 10.1 Å². The molecule has 0 spiro atoms. The SMILES string of the molecule is CNc1cc(Br)c(C(=O)O)c(OC)n1. The number of hydrogen-bond acceptors (Lipinski definition) is 4. The molecule has 0 aliphatic heterocycles. The second-order valence-corrected chi connectivity index (χ2v) is 3.28. The molecule has 0 aromatic carbocycles. The maximum atomic E-state index is 10.8. The molecule has 0 amide bonds. The smallest absolute Gasteiger partial charge is 0.342 e. The maximum Gasteiger partial charge on any atom is 0.342 e. The molecule has 76 valence electrons. The van der Waals surface area contributed by atoms with Crippen LogP contribution in [0.5, 0.6) is 5.88 Å². The Balaban J connectivity index is 3.34. The summed E-state index contributed by atoms with van der Waals surface area (Å²) in [5, 5.41) is 11.7. The zero-order valence-corrected chi connectivity index (χ0v) is 9.25. The van der Waals surface area contributed by atoms with Gasteiger partial charge in [-0.25, -0.2) is 4.79 Å². The third-order valence-corrected chi connectivity index (χ3v) is 2.23. The summed E-state index contributed by atoms with van der Waals surface area (Å²) in [5.74, 6) is -0.459. The van der Waals surface area contributed by atoms with E-state index in [-0.39, 0.29) is 11.4 Å². The van der Waals surface area contributed by atoms with Crippen LogP contribution in [0.2, 0.25) is 0 Å². The Kier molecular flexibility index (Phi) is 3.29. The highest BCUT2D eigenvalue weighted by atomic mass is 79.9. The summed E-state index contributed by atoms with van der Waals surface area (Å²) < 4.78 is 5.30. The van der Waals surface area contributed by atoms with Crippen LogP contribution in [0, 0.1) is 0 Å². The number of nitrogens with zero attached hydrogens (tertiary/aromatic N) is 1. The molecular weight excluding hydrogens is 252 g/mol. The number of carboxylic acids is 1. The van der Waals surface area contributed by atoms with E-state index in [1.165, 1.54) is 7.11 Å². The largest absolute Gasteiger partial charge is 0.480 e. The van der Waals surface area contributed by atoms with Gasteiger partial charge in [0, 0.05) is 11.5 Å². The van der Waals surface area contributed by atoms with Crippen LogP contribution >= 0.6 is 15.9 Å². The third-order valence-electron chi connectivity index (χ3n) is 1.60. The molecule has 0 radical (unpaired) electrons. The molecule has 1 rings (SSSR count). The van der Waals surface area contributed by atoms with Gasteiger partial charge >= 0.3 is 5.97 Å². The fraction of sp³-hybridized carbons (Fsp3) is 0.250. The topological polar surface area (TPSA) is 71.5 Å². The van der Waals surface area contributed by atoms with Crippen LogP contribution in [0.15, 0.2) is 10.5 Å². The number of methoxy groups -OCH3 is 1. The second-order valence-electron chi connectivity index (χ2n) is 2.43. The van der Waals surface area contributed by atoms with Gasteiger partial charge in [-0.1, -0.05) is 0 Å². The molecule has 1 heterocycles. The Labute approximate surface area is 89.2 Å². The van der Waals surface area contributed by atoms with Gasteiger partial charge in [0.25, 0.3) is 0 Å². The first-order chi connectivity index (χ1) is 6.60. The molecule has 5 nitrogen and oxygen atoms in total. The van der Waals surface area contributed by atoms with Crippen molar-refractivity contribution in [2.24, 2.45) is 0 Å². The van der Waals surface area contributed by atoms with Crippen LogP contribution in [0.25, 0.3) is 0 Å². The molecule has 0 atom stereocenters. The Morgan fingerprint density at radius 1 is 1.71 bits per heavy atom. The summed E-state index contributed by atoms with van der Waals surface area (Å²) in [6.45, 7) is 0. The molecule has 0 aliphatic rings. The molecule has 0 bridgehead atoms. The van der Waals surface area contributed by atoms with E-state index in [4.69, 9.17) is 9.84 Å². The van der Waals surface area contributed by atoms with Crippen molar-refractivity contribution in [3.63, 3.8) is 0 Å². The molecule has 14 heavy (non-hydrogen) atoms. The second kappa shape index (κ2) is 4.28. The Hall–Kier alpha value is -1.30. The number of aromatic carboxylic acids is 1. The van der Waals surface area contributed by atoms with E-state index in [1.54, 1.807) is 13.1 Å². The highest BCUT2D eigenvalue weighted by Crippen LogP contribution is 2.27. The maximum absolute atomic E-state index is 10.8. The summed E-state index contributed by atoms with van der Waals surface area (Å²) in [6, 6.07) is 1.58.